The van der Waals surface area contributed by atoms with Crippen molar-refractivity contribution in [2.45, 2.75) is 33.4 Å². The van der Waals surface area contributed by atoms with Crippen molar-refractivity contribution in [1.82, 2.24) is 9.97 Å². The third-order valence-corrected chi connectivity index (χ3v) is 2.38. The molecular weight excluding hydrogens is 206 g/mol. The van der Waals surface area contributed by atoms with Gasteiger partial charge in [-0.05, 0) is 5.41 Å². The number of nitrogens with two attached hydrogens (primary N) is 1. The van der Waals surface area contributed by atoms with Gasteiger partial charge in [0.05, 0.1) is 0 Å². The lowest BCUT2D eigenvalue weighted by molar-refractivity contribution is 0.00844. The molecule has 0 aromatic carbocycles. The number of nitrogens with one attached hydrogen (secondary N) is 1. The monoisotopic (exact) mass is 225 g/mol. The van der Waals surface area contributed by atoms with Crippen molar-refractivity contribution >= 4 is 0 Å². The van der Waals surface area contributed by atoms with E-state index in [1.807, 2.05) is 20.8 Å². The average Bonchev–Trinajstić information content (AvgIpc) is 2.17. The highest BCUT2D eigenvalue weighted by atomic mass is 16.5. The Morgan fingerprint density at radius 3 is 2.56 bits per heavy atom. The molecule has 3 N–H and O–H groups in total. The Bertz CT molecular complexity index is 406. The van der Waals surface area contributed by atoms with E-state index in [-0.39, 0.29) is 23.6 Å². The maximum atomic E-state index is 11.6. The number of methoxy groups -OCH3 is 1. The Morgan fingerprint density at radius 1 is 1.56 bits per heavy atom. The van der Waals surface area contributed by atoms with Crippen molar-refractivity contribution in [2.75, 3.05) is 7.11 Å². The second-order valence-electron chi connectivity index (χ2n) is 4.81. The third kappa shape index (κ3) is 2.68. The van der Waals surface area contributed by atoms with E-state index in [2.05, 4.69) is 9.97 Å². The molecule has 5 nitrogen and oxygen atoms in total. The van der Waals surface area contributed by atoms with E-state index < -0.39 is 0 Å². The first-order chi connectivity index (χ1) is 7.40. The largest absolute Gasteiger partial charge is 0.373 e. The van der Waals surface area contributed by atoms with Crippen molar-refractivity contribution in [3.8, 4) is 0 Å². The molecule has 0 aliphatic rings. The fourth-order valence-electron chi connectivity index (χ4n) is 1.59. The number of hydrogen-bond acceptors (Lipinski definition) is 4. The van der Waals surface area contributed by atoms with E-state index in [0.717, 1.165) is 0 Å². The molecule has 1 rings (SSSR count). The summed E-state index contributed by atoms with van der Waals surface area (Å²) < 4.78 is 5.37. The molecule has 1 heterocycles. The predicted octanol–water partition coefficient (Wildman–Crippen LogP) is 0.962. The van der Waals surface area contributed by atoms with Crippen LogP contribution in [0.3, 0.4) is 0 Å². The fraction of sp³-hybridized carbons (Fsp3) is 0.636. The van der Waals surface area contributed by atoms with Crippen LogP contribution < -0.4 is 11.3 Å². The standard InChI is InChI=1S/C11H19N3O2/c1-11(2,3)8(16-4)9-13-6-7(5-12)10(15)14-9/h6,8H,5,12H2,1-4H3,(H,13,14,15). The van der Waals surface area contributed by atoms with E-state index in [9.17, 15) is 4.79 Å². The van der Waals surface area contributed by atoms with Crippen molar-refractivity contribution < 1.29 is 4.74 Å². The van der Waals surface area contributed by atoms with Gasteiger partial charge in [0, 0.05) is 25.4 Å². The number of hydrogen-bond donors (Lipinski definition) is 2. The van der Waals surface area contributed by atoms with Crippen molar-refractivity contribution in [2.24, 2.45) is 11.1 Å². The summed E-state index contributed by atoms with van der Waals surface area (Å²) in [5.41, 5.74) is 5.56. The fourth-order valence-corrected chi connectivity index (χ4v) is 1.59. The predicted molar refractivity (Wildman–Crippen MR) is 62.0 cm³/mol. The lowest BCUT2D eigenvalue weighted by Gasteiger charge is -2.28. The molecule has 1 atom stereocenters. The number of aromatic amines is 1. The second-order valence-corrected chi connectivity index (χ2v) is 4.81. The highest BCUT2D eigenvalue weighted by molar-refractivity contribution is 5.07. The molecule has 0 saturated heterocycles. The number of rotatable bonds is 3. The van der Waals surface area contributed by atoms with Gasteiger partial charge in [0.15, 0.2) is 0 Å². The van der Waals surface area contributed by atoms with Crippen LogP contribution in [0, 0.1) is 5.41 Å². The van der Waals surface area contributed by atoms with Gasteiger partial charge in [0.1, 0.15) is 11.9 Å². The highest BCUT2D eigenvalue weighted by Crippen LogP contribution is 2.32. The van der Waals surface area contributed by atoms with Crippen LogP contribution in [0.15, 0.2) is 11.0 Å². The Hall–Kier alpha value is -1.20. The Labute approximate surface area is 95.0 Å². The first-order valence-electron chi connectivity index (χ1n) is 5.21. The summed E-state index contributed by atoms with van der Waals surface area (Å²) in [6.07, 6.45) is 1.26. The molecule has 0 aliphatic carbocycles. The van der Waals surface area contributed by atoms with E-state index >= 15 is 0 Å². The van der Waals surface area contributed by atoms with Gasteiger partial charge >= 0.3 is 0 Å². The summed E-state index contributed by atoms with van der Waals surface area (Å²) in [6.45, 7) is 6.27. The summed E-state index contributed by atoms with van der Waals surface area (Å²) in [7, 11) is 1.60. The molecule has 1 aromatic heterocycles. The first-order valence-corrected chi connectivity index (χ1v) is 5.21. The molecule has 0 amide bonds. The summed E-state index contributed by atoms with van der Waals surface area (Å²) >= 11 is 0. The minimum atomic E-state index is -0.243. The molecule has 90 valence electrons. The minimum Gasteiger partial charge on any atom is -0.373 e. The van der Waals surface area contributed by atoms with Gasteiger partial charge in [-0.1, -0.05) is 20.8 Å². The van der Waals surface area contributed by atoms with Gasteiger partial charge in [-0.15, -0.1) is 0 Å². The van der Waals surface area contributed by atoms with Crippen LogP contribution in [-0.4, -0.2) is 17.1 Å². The van der Waals surface area contributed by atoms with Crippen molar-refractivity contribution in [1.29, 1.82) is 0 Å². The van der Waals surface area contributed by atoms with Gasteiger partial charge < -0.3 is 15.5 Å². The van der Waals surface area contributed by atoms with Crippen LogP contribution in [0.5, 0.6) is 0 Å². The van der Waals surface area contributed by atoms with Gasteiger partial charge in [-0.2, -0.15) is 0 Å². The molecule has 1 aromatic rings. The van der Waals surface area contributed by atoms with Crippen LogP contribution in [0.2, 0.25) is 0 Å². The molecule has 16 heavy (non-hydrogen) atoms. The Morgan fingerprint density at radius 2 is 2.19 bits per heavy atom. The summed E-state index contributed by atoms with van der Waals surface area (Å²) in [5.74, 6) is 0.539. The third-order valence-electron chi connectivity index (χ3n) is 2.38. The van der Waals surface area contributed by atoms with Gasteiger partial charge in [-0.25, -0.2) is 4.98 Å². The van der Waals surface area contributed by atoms with Crippen LogP contribution >= 0.6 is 0 Å². The van der Waals surface area contributed by atoms with E-state index in [1.165, 1.54) is 6.20 Å². The molecule has 0 radical (unpaired) electrons. The normalized spacial score (nSPS) is 13.8. The van der Waals surface area contributed by atoms with E-state index in [0.29, 0.717) is 11.4 Å². The molecule has 5 heteroatoms. The number of ether oxygens (including phenoxy) is 1. The Kier molecular flexibility index (Phi) is 3.83. The number of nitrogens with zero attached hydrogens (tertiary/aromatic N) is 1. The average molecular weight is 225 g/mol. The van der Waals surface area contributed by atoms with Crippen molar-refractivity contribution in [3.63, 3.8) is 0 Å². The summed E-state index contributed by atoms with van der Waals surface area (Å²) in [6, 6.07) is 0. The van der Waals surface area contributed by atoms with Crippen LogP contribution in [0.1, 0.15) is 38.3 Å². The maximum absolute atomic E-state index is 11.6. The maximum Gasteiger partial charge on any atom is 0.255 e. The molecule has 0 fully saturated rings. The lowest BCUT2D eigenvalue weighted by atomic mass is 9.88. The zero-order valence-corrected chi connectivity index (χ0v) is 10.2. The van der Waals surface area contributed by atoms with Gasteiger partial charge in [-0.3, -0.25) is 4.79 Å². The van der Waals surface area contributed by atoms with Crippen LogP contribution in [-0.2, 0) is 11.3 Å². The SMILES string of the molecule is COC(c1ncc(CN)c(=O)[nH]1)C(C)(C)C. The lowest BCUT2D eigenvalue weighted by Crippen LogP contribution is -2.26. The second kappa shape index (κ2) is 4.76. The van der Waals surface area contributed by atoms with Crippen LogP contribution in [0.25, 0.3) is 0 Å². The van der Waals surface area contributed by atoms with Gasteiger partial charge in [0.2, 0.25) is 0 Å². The smallest absolute Gasteiger partial charge is 0.255 e. The zero-order valence-electron chi connectivity index (χ0n) is 10.2. The van der Waals surface area contributed by atoms with E-state index in [1.54, 1.807) is 7.11 Å². The zero-order chi connectivity index (χ0) is 12.3. The molecule has 0 aliphatic heterocycles. The molecule has 0 saturated carbocycles. The minimum absolute atomic E-state index is 0.130. The number of H-pyrrole nitrogens is 1. The quantitative estimate of drug-likeness (QED) is 0.803. The van der Waals surface area contributed by atoms with Gasteiger partial charge in [0.25, 0.3) is 5.56 Å². The van der Waals surface area contributed by atoms with Crippen LogP contribution in [0.4, 0.5) is 0 Å². The first kappa shape index (κ1) is 12.9. The highest BCUT2D eigenvalue weighted by Gasteiger charge is 2.28. The summed E-state index contributed by atoms with van der Waals surface area (Å²) in [4.78, 5) is 18.5. The van der Waals surface area contributed by atoms with Crippen molar-refractivity contribution in [3.05, 3.63) is 27.9 Å². The van der Waals surface area contributed by atoms with E-state index in [4.69, 9.17) is 10.5 Å². The summed E-state index contributed by atoms with van der Waals surface area (Å²) in [5, 5.41) is 0. The molecule has 0 spiro atoms. The molecular formula is C11H19N3O2. The Balaban J connectivity index is 3.13. The topological polar surface area (TPSA) is 81.0 Å². The molecule has 0 bridgehead atoms. The number of aromatic nitrogens is 2. The molecule has 1 unspecified atom stereocenters.